The van der Waals surface area contributed by atoms with Crippen molar-refractivity contribution in [1.29, 1.82) is 0 Å². The van der Waals surface area contributed by atoms with Gasteiger partial charge in [-0.2, -0.15) is 0 Å². The van der Waals surface area contributed by atoms with Gasteiger partial charge in [0.1, 0.15) is 5.75 Å². The lowest BCUT2D eigenvalue weighted by molar-refractivity contribution is 0.0510. The highest BCUT2D eigenvalue weighted by molar-refractivity contribution is 6.05. The van der Waals surface area contributed by atoms with E-state index < -0.39 is 0 Å². The Morgan fingerprint density at radius 1 is 1.25 bits per heavy atom. The summed E-state index contributed by atoms with van der Waals surface area (Å²) in [7, 11) is 5.66. The van der Waals surface area contributed by atoms with Crippen LogP contribution in [0.2, 0.25) is 0 Å². The third kappa shape index (κ3) is 2.59. The Labute approximate surface area is 121 Å². The van der Waals surface area contributed by atoms with E-state index in [1.165, 1.54) is 0 Å². The normalized spacial score (nSPS) is 26.6. The van der Waals surface area contributed by atoms with E-state index in [1.807, 2.05) is 38.4 Å². The molecule has 110 valence electrons. The number of rotatable bonds is 4. The molecular formula is C17H25NO2. The number of benzene rings is 1. The molecule has 0 N–H and O–H groups in total. The van der Waals surface area contributed by atoms with Crippen molar-refractivity contribution in [3.63, 3.8) is 0 Å². The van der Waals surface area contributed by atoms with Gasteiger partial charge in [-0.05, 0) is 57.8 Å². The van der Waals surface area contributed by atoms with Crippen LogP contribution in [0.25, 0.3) is 0 Å². The van der Waals surface area contributed by atoms with Gasteiger partial charge in [0.2, 0.25) is 0 Å². The van der Waals surface area contributed by atoms with Gasteiger partial charge in [-0.1, -0.05) is 19.1 Å². The molecular weight excluding hydrogens is 250 g/mol. The van der Waals surface area contributed by atoms with Crippen molar-refractivity contribution in [1.82, 2.24) is 4.90 Å². The van der Waals surface area contributed by atoms with Gasteiger partial charge in [0.25, 0.3) is 0 Å². The molecule has 1 aromatic carbocycles. The number of methoxy groups -OCH3 is 1. The first-order chi connectivity index (χ1) is 9.51. The summed E-state index contributed by atoms with van der Waals surface area (Å²) in [5, 5.41) is 0. The first-order valence-electron chi connectivity index (χ1n) is 7.36. The van der Waals surface area contributed by atoms with Crippen LogP contribution in [0.4, 0.5) is 0 Å². The average molecular weight is 275 g/mol. The lowest BCUT2D eigenvalue weighted by Gasteiger charge is -2.43. The first kappa shape index (κ1) is 15.0. The molecule has 1 aromatic rings. The molecule has 0 atom stereocenters. The molecule has 0 unspecified atom stereocenters. The number of nitrogens with zero attached hydrogens (tertiary/aromatic N) is 1. The summed E-state index contributed by atoms with van der Waals surface area (Å²) in [5.74, 6) is 1.60. The Morgan fingerprint density at radius 3 is 2.40 bits per heavy atom. The maximum Gasteiger partial charge on any atom is 0.186 e. The molecule has 1 fully saturated rings. The molecule has 0 bridgehead atoms. The van der Waals surface area contributed by atoms with E-state index in [1.54, 1.807) is 7.11 Å². The van der Waals surface area contributed by atoms with Crippen molar-refractivity contribution >= 4 is 5.78 Å². The van der Waals surface area contributed by atoms with Crippen LogP contribution >= 0.6 is 0 Å². The monoisotopic (exact) mass is 275 g/mol. The molecule has 0 spiro atoms. The molecule has 1 aliphatic carbocycles. The molecule has 0 aliphatic heterocycles. The molecule has 0 radical (unpaired) electrons. The minimum Gasteiger partial charge on any atom is -0.496 e. The molecule has 0 saturated heterocycles. The maximum absolute atomic E-state index is 13.1. The zero-order chi connectivity index (χ0) is 14.8. The zero-order valence-corrected chi connectivity index (χ0v) is 13.0. The number of hydrogen-bond acceptors (Lipinski definition) is 3. The first-order valence-corrected chi connectivity index (χ1v) is 7.36. The minimum atomic E-state index is -0.374. The highest BCUT2D eigenvalue weighted by Gasteiger charge is 2.43. The highest BCUT2D eigenvalue weighted by atomic mass is 16.5. The minimum absolute atomic E-state index is 0.201. The third-order valence-corrected chi connectivity index (χ3v) is 4.73. The Morgan fingerprint density at radius 2 is 1.85 bits per heavy atom. The van der Waals surface area contributed by atoms with Crippen molar-refractivity contribution in [2.75, 3.05) is 21.2 Å². The fourth-order valence-electron chi connectivity index (χ4n) is 3.20. The summed E-state index contributed by atoms with van der Waals surface area (Å²) >= 11 is 0. The van der Waals surface area contributed by atoms with Gasteiger partial charge in [0, 0.05) is 0 Å². The van der Waals surface area contributed by atoms with Crippen LogP contribution in [0.1, 0.15) is 43.0 Å². The van der Waals surface area contributed by atoms with Crippen LogP contribution in [0.15, 0.2) is 24.3 Å². The van der Waals surface area contributed by atoms with Crippen LogP contribution in [0, 0.1) is 5.92 Å². The van der Waals surface area contributed by atoms with Crippen molar-refractivity contribution < 1.29 is 9.53 Å². The van der Waals surface area contributed by atoms with Crippen LogP contribution in [-0.4, -0.2) is 37.4 Å². The molecule has 20 heavy (non-hydrogen) atoms. The van der Waals surface area contributed by atoms with Crippen LogP contribution < -0.4 is 4.74 Å². The van der Waals surface area contributed by atoms with E-state index in [4.69, 9.17) is 4.74 Å². The Hall–Kier alpha value is -1.35. The summed E-state index contributed by atoms with van der Waals surface area (Å²) in [6, 6.07) is 7.55. The summed E-state index contributed by atoms with van der Waals surface area (Å²) in [6.45, 7) is 2.27. The molecule has 0 amide bonds. The number of hydrogen-bond donors (Lipinski definition) is 0. The van der Waals surface area contributed by atoms with Crippen molar-refractivity contribution in [2.24, 2.45) is 5.92 Å². The molecule has 0 heterocycles. The fourth-order valence-corrected chi connectivity index (χ4v) is 3.20. The topological polar surface area (TPSA) is 29.5 Å². The van der Waals surface area contributed by atoms with Crippen molar-refractivity contribution in [3.05, 3.63) is 29.8 Å². The van der Waals surface area contributed by atoms with Crippen LogP contribution in [0.3, 0.4) is 0 Å². The molecule has 2 rings (SSSR count). The van der Waals surface area contributed by atoms with E-state index in [0.717, 1.165) is 25.7 Å². The predicted molar refractivity (Wildman–Crippen MR) is 81.4 cm³/mol. The Kier molecular flexibility index (Phi) is 4.48. The summed E-state index contributed by atoms with van der Waals surface area (Å²) in [5.41, 5.74) is 0.333. The maximum atomic E-state index is 13.1. The zero-order valence-electron chi connectivity index (χ0n) is 13.0. The molecule has 3 nitrogen and oxygen atoms in total. The number of ketones is 1. The highest BCUT2D eigenvalue weighted by Crippen LogP contribution is 2.39. The Bertz CT molecular complexity index is 474. The number of likely N-dealkylation sites (N-methyl/N-ethyl adjacent to an activating group) is 1. The number of carbonyl (C=O) groups is 1. The summed E-state index contributed by atoms with van der Waals surface area (Å²) in [4.78, 5) is 15.2. The number of carbonyl (C=O) groups excluding carboxylic acids is 1. The second-order valence-electron chi connectivity index (χ2n) is 6.14. The summed E-state index contributed by atoms with van der Waals surface area (Å²) in [6.07, 6.45) is 4.08. The van der Waals surface area contributed by atoms with Gasteiger partial charge < -0.3 is 4.74 Å². The molecule has 1 saturated carbocycles. The quantitative estimate of drug-likeness (QED) is 0.789. The van der Waals surface area contributed by atoms with E-state index in [0.29, 0.717) is 17.2 Å². The molecule has 1 aliphatic rings. The van der Waals surface area contributed by atoms with E-state index >= 15 is 0 Å². The fraction of sp³-hybridized carbons (Fsp3) is 0.588. The van der Waals surface area contributed by atoms with Crippen LogP contribution in [0.5, 0.6) is 5.75 Å². The Balaban J connectivity index is 2.37. The standard InChI is InChI=1S/C17H25NO2/c1-13-9-11-17(12-10-13,18(2)3)16(19)14-7-5-6-8-15(14)20-4/h5-8,13H,9-12H2,1-4H3. The average Bonchev–Trinajstić information content (AvgIpc) is 2.47. The van der Waals surface area contributed by atoms with Crippen LogP contribution in [-0.2, 0) is 0 Å². The second-order valence-corrected chi connectivity index (χ2v) is 6.14. The number of ether oxygens (including phenoxy) is 1. The number of para-hydroxylation sites is 1. The van der Waals surface area contributed by atoms with Crippen molar-refractivity contribution in [2.45, 2.75) is 38.1 Å². The third-order valence-electron chi connectivity index (χ3n) is 4.73. The van der Waals surface area contributed by atoms with Gasteiger partial charge in [-0.15, -0.1) is 0 Å². The van der Waals surface area contributed by atoms with Gasteiger partial charge in [0.05, 0.1) is 18.2 Å². The van der Waals surface area contributed by atoms with E-state index in [-0.39, 0.29) is 11.3 Å². The SMILES string of the molecule is COc1ccccc1C(=O)C1(N(C)C)CCC(C)CC1. The molecule has 3 heteroatoms. The second kappa shape index (κ2) is 5.96. The number of Topliss-reactive ketones (excluding diaryl/α,β-unsaturated/α-hetero) is 1. The van der Waals surface area contributed by atoms with Gasteiger partial charge >= 0.3 is 0 Å². The smallest absolute Gasteiger partial charge is 0.186 e. The van der Waals surface area contributed by atoms with E-state index in [9.17, 15) is 4.79 Å². The summed E-state index contributed by atoms with van der Waals surface area (Å²) < 4.78 is 5.36. The van der Waals surface area contributed by atoms with Crippen molar-refractivity contribution in [3.8, 4) is 5.75 Å². The predicted octanol–water partition coefficient (Wildman–Crippen LogP) is 3.39. The molecule has 0 aromatic heterocycles. The van der Waals surface area contributed by atoms with Gasteiger partial charge in [-0.25, -0.2) is 0 Å². The van der Waals surface area contributed by atoms with E-state index in [2.05, 4.69) is 11.8 Å². The lowest BCUT2D eigenvalue weighted by Crippen LogP contribution is -2.53. The largest absolute Gasteiger partial charge is 0.496 e. The van der Waals surface area contributed by atoms with Gasteiger partial charge in [-0.3, -0.25) is 9.69 Å². The lowest BCUT2D eigenvalue weighted by atomic mass is 9.72. The van der Waals surface area contributed by atoms with Gasteiger partial charge in [0.15, 0.2) is 5.78 Å².